The van der Waals surface area contributed by atoms with Crippen molar-refractivity contribution in [2.24, 2.45) is 0 Å². The van der Waals surface area contributed by atoms with E-state index in [2.05, 4.69) is 20.5 Å². The van der Waals surface area contributed by atoms with Gasteiger partial charge in [0.15, 0.2) is 23.0 Å². The Kier molecular flexibility index (Phi) is 3.07. The molecule has 8 heteroatoms. The van der Waals surface area contributed by atoms with E-state index in [0.717, 1.165) is 39.2 Å². The molecule has 0 radical (unpaired) electrons. The Morgan fingerprint density at radius 1 is 1.07 bits per heavy atom. The molecule has 6 rings (SSSR count). The molecule has 0 spiro atoms. The molecule has 0 unspecified atom stereocenters. The SMILES string of the molecule is c1cn2cc(-c3ccc4cn[nH]c4c3)nc(Nc3ccc4c(c3)OCO4)c2n1. The van der Waals surface area contributed by atoms with Gasteiger partial charge < -0.3 is 19.2 Å². The van der Waals surface area contributed by atoms with Gasteiger partial charge >= 0.3 is 0 Å². The van der Waals surface area contributed by atoms with E-state index < -0.39 is 0 Å². The molecule has 28 heavy (non-hydrogen) atoms. The van der Waals surface area contributed by atoms with Gasteiger partial charge in [-0.3, -0.25) is 5.10 Å². The lowest BCUT2D eigenvalue weighted by molar-refractivity contribution is 0.174. The topological polar surface area (TPSA) is 89.4 Å². The summed E-state index contributed by atoms with van der Waals surface area (Å²) < 4.78 is 12.8. The smallest absolute Gasteiger partial charge is 0.231 e. The number of aromatic amines is 1. The molecule has 0 fully saturated rings. The third-order valence-corrected chi connectivity index (χ3v) is 4.75. The molecular weight excluding hydrogens is 356 g/mol. The van der Waals surface area contributed by atoms with Crippen LogP contribution in [0.25, 0.3) is 27.8 Å². The second-order valence-electron chi connectivity index (χ2n) is 6.50. The van der Waals surface area contributed by atoms with Crippen molar-refractivity contribution in [2.75, 3.05) is 12.1 Å². The Hall–Kier alpha value is -4.07. The van der Waals surface area contributed by atoms with Gasteiger partial charge in [-0.2, -0.15) is 5.10 Å². The minimum atomic E-state index is 0.243. The number of nitrogens with one attached hydrogen (secondary N) is 2. The van der Waals surface area contributed by atoms with E-state index in [1.54, 1.807) is 12.4 Å². The van der Waals surface area contributed by atoms with Gasteiger partial charge in [0.25, 0.3) is 0 Å². The van der Waals surface area contributed by atoms with Crippen molar-refractivity contribution in [2.45, 2.75) is 0 Å². The van der Waals surface area contributed by atoms with Crippen LogP contribution in [0.4, 0.5) is 11.5 Å². The van der Waals surface area contributed by atoms with E-state index in [4.69, 9.17) is 14.5 Å². The molecular formula is C20H14N6O2. The number of ether oxygens (including phenoxy) is 2. The first-order valence-corrected chi connectivity index (χ1v) is 8.77. The molecule has 2 aromatic carbocycles. The number of benzene rings is 2. The van der Waals surface area contributed by atoms with Crippen LogP contribution in [0.15, 0.2) is 61.2 Å². The van der Waals surface area contributed by atoms with Crippen LogP contribution < -0.4 is 14.8 Å². The van der Waals surface area contributed by atoms with Crippen molar-refractivity contribution in [3.05, 3.63) is 61.2 Å². The Morgan fingerprint density at radius 2 is 2.04 bits per heavy atom. The van der Waals surface area contributed by atoms with Gasteiger partial charge in [0.2, 0.25) is 6.79 Å². The first kappa shape index (κ1) is 15.0. The number of anilines is 2. The van der Waals surface area contributed by atoms with Crippen molar-refractivity contribution in [3.63, 3.8) is 0 Å². The normalized spacial score (nSPS) is 12.7. The minimum Gasteiger partial charge on any atom is -0.454 e. The summed E-state index contributed by atoms with van der Waals surface area (Å²) in [7, 11) is 0. The fourth-order valence-corrected chi connectivity index (χ4v) is 3.36. The number of rotatable bonds is 3. The molecule has 4 heterocycles. The first-order valence-electron chi connectivity index (χ1n) is 8.77. The van der Waals surface area contributed by atoms with Crippen LogP contribution in [0.2, 0.25) is 0 Å². The zero-order valence-corrected chi connectivity index (χ0v) is 14.6. The van der Waals surface area contributed by atoms with Gasteiger partial charge in [0, 0.05) is 41.3 Å². The molecule has 3 aromatic heterocycles. The molecule has 1 aliphatic heterocycles. The van der Waals surface area contributed by atoms with Crippen molar-refractivity contribution in [1.82, 2.24) is 24.6 Å². The van der Waals surface area contributed by atoms with Crippen molar-refractivity contribution in [3.8, 4) is 22.8 Å². The standard InChI is InChI=1S/C20H14N6O2/c1-2-13-9-22-25-15(13)7-12(1)16-10-26-6-5-21-20(26)19(24-16)23-14-3-4-17-18(8-14)28-11-27-17/h1-10H,11H2,(H,22,25)(H,23,24). The molecule has 0 saturated heterocycles. The summed E-state index contributed by atoms with van der Waals surface area (Å²) in [5.74, 6) is 2.11. The summed E-state index contributed by atoms with van der Waals surface area (Å²) in [6, 6.07) is 11.8. The summed E-state index contributed by atoms with van der Waals surface area (Å²) in [4.78, 5) is 9.25. The summed E-state index contributed by atoms with van der Waals surface area (Å²) in [5.41, 5.74) is 4.37. The van der Waals surface area contributed by atoms with Gasteiger partial charge in [-0.1, -0.05) is 12.1 Å². The van der Waals surface area contributed by atoms with Crippen LogP contribution in [-0.2, 0) is 0 Å². The lowest BCUT2D eigenvalue weighted by Crippen LogP contribution is -2.00. The van der Waals surface area contributed by atoms with E-state index in [1.165, 1.54) is 0 Å². The molecule has 5 aromatic rings. The summed E-state index contributed by atoms with van der Waals surface area (Å²) >= 11 is 0. The van der Waals surface area contributed by atoms with Gasteiger partial charge in [-0.25, -0.2) is 9.97 Å². The van der Waals surface area contributed by atoms with Crippen LogP contribution in [0, 0.1) is 0 Å². The van der Waals surface area contributed by atoms with Crippen LogP contribution in [0.3, 0.4) is 0 Å². The van der Waals surface area contributed by atoms with Crippen LogP contribution in [-0.4, -0.2) is 31.4 Å². The van der Waals surface area contributed by atoms with E-state index >= 15 is 0 Å². The lowest BCUT2D eigenvalue weighted by Gasteiger charge is -2.10. The maximum atomic E-state index is 5.46. The molecule has 136 valence electrons. The first-order chi connectivity index (χ1) is 13.8. The second kappa shape index (κ2) is 5.71. The Balaban J connectivity index is 1.45. The molecule has 0 saturated carbocycles. The lowest BCUT2D eigenvalue weighted by atomic mass is 10.1. The molecule has 8 nitrogen and oxygen atoms in total. The largest absolute Gasteiger partial charge is 0.454 e. The van der Waals surface area contributed by atoms with Crippen LogP contribution in [0.1, 0.15) is 0 Å². The minimum absolute atomic E-state index is 0.243. The third kappa shape index (κ3) is 2.35. The second-order valence-corrected chi connectivity index (χ2v) is 6.50. The quantitative estimate of drug-likeness (QED) is 0.503. The number of H-pyrrole nitrogens is 1. The Morgan fingerprint density at radius 3 is 3.04 bits per heavy atom. The molecule has 0 atom stereocenters. The molecule has 2 N–H and O–H groups in total. The average Bonchev–Trinajstić information content (AvgIpc) is 3.46. The van der Waals surface area contributed by atoms with E-state index in [0.29, 0.717) is 11.6 Å². The van der Waals surface area contributed by atoms with Gasteiger partial charge in [-0.15, -0.1) is 0 Å². The van der Waals surface area contributed by atoms with Gasteiger partial charge in [0.1, 0.15) is 0 Å². The van der Waals surface area contributed by atoms with E-state index in [1.807, 2.05) is 53.2 Å². The number of aromatic nitrogens is 5. The zero-order valence-electron chi connectivity index (χ0n) is 14.6. The molecule has 0 aliphatic carbocycles. The van der Waals surface area contributed by atoms with E-state index in [9.17, 15) is 0 Å². The number of fused-ring (bicyclic) bond motifs is 3. The predicted molar refractivity (Wildman–Crippen MR) is 104 cm³/mol. The highest BCUT2D eigenvalue weighted by atomic mass is 16.7. The van der Waals surface area contributed by atoms with Crippen molar-refractivity contribution >= 4 is 28.1 Å². The maximum absolute atomic E-state index is 5.46. The number of hydrogen-bond donors (Lipinski definition) is 2. The van der Waals surface area contributed by atoms with Crippen LogP contribution >= 0.6 is 0 Å². The fourth-order valence-electron chi connectivity index (χ4n) is 3.36. The summed E-state index contributed by atoms with van der Waals surface area (Å²) in [6.45, 7) is 0.243. The highest BCUT2D eigenvalue weighted by Crippen LogP contribution is 2.35. The molecule has 0 amide bonds. The third-order valence-electron chi connectivity index (χ3n) is 4.75. The fraction of sp³-hybridized carbons (Fsp3) is 0.0500. The zero-order chi connectivity index (χ0) is 18.5. The molecule has 1 aliphatic rings. The molecule has 0 bridgehead atoms. The van der Waals surface area contributed by atoms with Crippen molar-refractivity contribution in [1.29, 1.82) is 0 Å². The Labute approximate surface area is 158 Å². The number of hydrogen-bond acceptors (Lipinski definition) is 6. The number of imidazole rings is 1. The van der Waals surface area contributed by atoms with Crippen LogP contribution in [0.5, 0.6) is 11.5 Å². The summed E-state index contributed by atoms with van der Waals surface area (Å²) in [6.07, 6.45) is 7.42. The average molecular weight is 370 g/mol. The van der Waals surface area contributed by atoms with Crippen molar-refractivity contribution < 1.29 is 9.47 Å². The highest BCUT2D eigenvalue weighted by Gasteiger charge is 2.15. The summed E-state index contributed by atoms with van der Waals surface area (Å²) in [5, 5.41) is 11.5. The predicted octanol–water partition coefficient (Wildman–Crippen LogP) is 3.74. The highest BCUT2D eigenvalue weighted by molar-refractivity contribution is 5.84. The van der Waals surface area contributed by atoms with Gasteiger partial charge in [0.05, 0.1) is 17.4 Å². The monoisotopic (exact) mass is 370 g/mol. The van der Waals surface area contributed by atoms with Gasteiger partial charge in [-0.05, 0) is 18.2 Å². The maximum Gasteiger partial charge on any atom is 0.231 e. The Bertz CT molecular complexity index is 1340. The number of nitrogens with zero attached hydrogens (tertiary/aromatic N) is 4. The van der Waals surface area contributed by atoms with E-state index in [-0.39, 0.29) is 6.79 Å².